The number of methoxy groups -OCH3 is 1. The third-order valence-electron chi connectivity index (χ3n) is 2.56. The lowest BCUT2D eigenvalue weighted by atomic mass is 10.1. The molecule has 1 N–H and O–H groups in total. The van der Waals surface area contributed by atoms with Gasteiger partial charge in [-0.2, -0.15) is 0 Å². The normalized spacial score (nSPS) is 14.6. The zero-order chi connectivity index (χ0) is 12.9. The molecule has 96 valence electrons. The topological polar surface area (TPSA) is 62.9 Å². The van der Waals surface area contributed by atoms with Gasteiger partial charge in [-0.3, -0.25) is 4.90 Å². The Bertz CT molecular complexity index is 345. The number of esters is 1. The molecule has 0 fully saturated rings. The first-order valence-corrected chi connectivity index (χ1v) is 5.55. The van der Waals surface area contributed by atoms with Crippen LogP contribution in [0.2, 0.25) is 0 Å². The standard InChI is InChI=1S/C12H19NO4/c1-4-13(8-10-6-5-7-17-10)9-12(2,15)11(14)16-3/h5-7,15H,4,8-9H2,1-3H3. The van der Waals surface area contributed by atoms with Crippen molar-refractivity contribution >= 4 is 5.97 Å². The van der Waals surface area contributed by atoms with Crippen molar-refractivity contribution in [2.24, 2.45) is 0 Å². The molecule has 0 radical (unpaired) electrons. The summed E-state index contributed by atoms with van der Waals surface area (Å²) in [6.45, 7) is 4.86. The van der Waals surface area contributed by atoms with Crippen LogP contribution in [-0.2, 0) is 16.1 Å². The van der Waals surface area contributed by atoms with E-state index in [0.717, 1.165) is 5.76 Å². The highest BCUT2D eigenvalue weighted by Crippen LogP contribution is 2.12. The zero-order valence-electron chi connectivity index (χ0n) is 10.5. The summed E-state index contributed by atoms with van der Waals surface area (Å²) < 4.78 is 9.78. The van der Waals surface area contributed by atoms with Crippen molar-refractivity contribution in [3.05, 3.63) is 24.2 Å². The first kappa shape index (κ1) is 13.7. The number of nitrogens with zero attached hydrogens (tertiary/aromatic N) is 1. The monoisotopic (exact) mass is 241 g/mol. The van der Waals surface area contributed by atoms with E-state index in [2.05, 4.69) is 4.74 Å². The lowest BCUT2D eigenvalue weighted by Gasteiger charge is -2.28. The molecule has 1 rings (SSSR count). The summed E-state index contributed by atoms with van der Waals surface area (Å²) in [5, 5.41) is 9.97. The van der Waals surface area contributed by atoms with Crippen molar-refractivity contribution in [2.75, 3.05) is 20.2 Å². The third kappa shape index (κ3) is 3.87. The Labute approximate surface area is 101 Å². The van der Waals surface area contributed by atoms with Gasteiger partial charge < -0.3 is 14.3 Å². The molecule has 0 aliphatic heterocycles. The predicted molar refractivity (Wildman–Crippen MR) is 62.3 cm³/mol. The molecule has 1 aromatic rings. The molecule has 1 heterocycles. The first-order chi connectivity index (χ1) is 7.99. The van der Waals surface area contributed by atoms with Gasteiger partial charge >= 0.3 is 5.97 Å². The molecule has 5 heteroatoms. The van der Waals surface area contributed by atoms with Gasteiger partial charge in [-0.1, -0.05) is 6.92 Å². The van der Waals surface area contributed by atoms with Crippen LogP contribution in [0.4, 0.5) is 0 Å². The van der Waals surface area contributed by atoms with Crippen LogP contribution in [-0.4, -0.2) is 41.8 Å². The molecule has 0 spiro atoms. The van der Waals surface area contributed by atoms with Crippen molar-refractivity contribution in [2.45, 2.75) is 26.0 Å². The Balaban J connectivity index is 2.60. The van der Waals surface area contributed by atoms with Crippen LogP contribution < -0.4 is 0 Å². The van der Waals surface area contributed by atoms with Gasteiger partial charge in [-0.25, -0.2) is 4.79 Å². The van der Waals surface area contributed by atoms with E-state index in [-0.39, 0.29) is 6.54 Å². The highest BCUT2D eigenvalue weighted by molar-refractivity contribution is 5.78. The van der Waals surface area contributed by atoms with Crippen LogP contribution in [0.15, 0.2) is 22.8 Å². The molecule has 17 heavy (non-hydrogen) atoms. The second-order valence-electron chi connectivity index (χ2n) is 4.15. The summed E-state index contributed by atoms with van der Waals surface area (Å²) in [4.78, 5) is 13.3. The number of aliphatic hydroxyl groups is 1. The second kappa shape index (κ2) is 5.84. The highest BCUT2D eigenvalue weighted by Gasteiger charge is 2.33. The highest BCUT2D eigenvalue weighted by atomic mass is 16.5. The molecule has 0 saturated carbocycles. The Morgan fingerprint density at radius 2 is 2.35 bits per heavy atom. The molecular formula is C12H19NO4. The lowest BCUT2D eigenvalue weighted by molar-refractivity contribution is -0.162. The van der Waals surface area contributed by atoms with E-state index in [1.54, 1.807) is 6.26 Å². The molecule has 1 aromatic heterocycles. The Morgan fingerprint density at radius 1 is 1.65 bits per heavy atom. The van der Waals surface area contributed by atoms with Gasteiger partial charge in [0.15, 0.2) is 5.60 Å². The Morgan fingerprint density at radius 3 is 2.82 bits per heavy atom. The molecule has 1 atom stereocenters. The van der Waals surface area contributed by atoms with Crippen molar-refractivity contribution in [3.63, 3.8) is 0 Å². The minimum absolute atomic E-state index is 0.205. The quantitative estimate of drug-likeness (QED) is 0.753. The minimum Gasteiger partial charge on any atom is -0.468 e. The maximum Gasteiger partial charge on any atom is 0.338 e. The van der Waals surface area contributed by atoms with Gasteiger partial charge in [0.25, 0.3) is 0 Å². The van der Waals surface area contributed by atoms with E-state index in [9.17, 15) is 9.90 Å². The fraction of sp³-hybridized carbons (Fsp3) is 0.583. The summed E-state index contributed by atoms with van der Waals surface area (Å²) in [7, 11) is 1.26. The predicted octanol–water partition coefficient (Wildman–Crippen LogP) is 1.03. The zero-order valence-corrected chi connectivity index (χ0v) is 10.5. The number of likely N-dealkylation sites (N-methyl/N-ethyl adjacent to an activating group) is 1. The van der Waals surface area contributed by atoms with Gasteiger partial charge in [-0.15, -0.1) is 0 Å². The van der Waals surface area contributed by atoms with Crippen molar-refractivity contribution in [1.82, 2.24) is 4.90 Å². The first-order valence-electron chi connectivity index (χ1n) is 5.55. The SMILES string of the molecule is CCN(Cc1ccco1)CC(C)(O)C(=O)OC. The van der Waals surface area contributed by atoms with E-state index in [4.69, 9.17) is 4.42 Å². The molecule has 0 amide bonds. The van der Waals surface area contributed by atoms with Gasteiger partial charge in [0.1, 0.15) is 5.76 Å². The molecule has 0 aliphatic rings. The van der Waals surface area contributed by atoms with Crippen LogP contribution in [0.3, 0.4) is 0 Å². The third-order valence-corrected chi connectivity index (χ3v) is 2.56. The van der Waals surface area contributed by atoms with Crippen LogP contribution in [0, 0.1) is 0 Å². The molecule has 0 aromatic carbocycles. The minimum atomic E-state index is -1.50. The van der Waals surface area contributed by atoms with Crippen molar-refractivity contribution < 1.29 is 19.1 Å². The number of rotatable bonds is 6. The lowest BCUT2D eigenvalue weighted by Crippen LogP contribution is -2.47. The van der Waals surface area contributed by atoms with Gasteiger partial charge in [0, 0.05) is 6.54 Å². The molecule has 5 nitrogen and oxygen atoms in total. The summed E-state index contributed by atoms with van der Waals surface area (Å²) in [6, 6.07) is 3.66. The average molecular weight is 241 g/mol. The average Bonchev–Trinajstić information content (AvgIpc) is 2.79. The smallest absolute Gasteiger partial charge is 0.338 e. The van der Waals surface area contributed by atoms with Crippen LogP contribution in [0.1, 0.15) is 19.6 Å². The summed E-state index contributed by atoms with van der Waals surface area (Å²) >= 11 is 0. The number of carbonyl (C=O) groups is 1. The number of ether oxygens (including phenoxy) is 1. The molecule has 0 saturated heterocycles. The van der Waals surface area contributed by atoms with Gasteiger partial charge in [-0.05, 0) is 25.6 Å². The van der Waals surface area contributed by atoms with Gasteiger partial charge in [0.2, 0.25) is 0 Å². The van der Waals surface area contributed by atoms with Crippen molar-refractivity contribution in [1.29, 1.82) is 0 Å². The maximum atomic E-state index is 11.4. The van der Waals surface area contributed by atoms with E-state index in [0.29, 0.717) is 13.1 Å². The van der Waals surface area contributed by atoms with Crippen LogP contribution >= 0.6 is 0 Å². The van der Waals surface area contributed by atoms with Gasteiger partial charge in [0.05, 0.1) is 19.9 Å². The number of hydrogen-bond donors (Lipinski definition) is 1. The van der Waals surface area contributed by atoms with Crippen LogP contribution in [0.5, 0.6) is 0 Å². The van der Waals surface area contributed by atoms with E-state index in [1.165, 1.54) is 14.0 Å². The van der Waals surface area contributed by atoms with Crippen molar-refractivity contribution in [3.8, 4) is 0 Å². The second-order valence-corrected chi connectivity index (χ2v) is 4.15. The molecule has 0 aliphatic carbocycles. The Hall–Kier alpha value is -1.33. The summed E-state index contributed by atoms with van der Waals surface area (Å²) in [5.74, 6) is 0.169. The van der Waals surface area contributed by atoms with E-state index >= 15 is 0 Å². The summed E-state index contributed by atoms with van der Waals surface area (Å²) in [5.41, 5.74) is -1.50. The maximum absolute atomic E-state index is 11.4. The number of furan rings is 1. The number of hydrogen-bond acceptors (Lipinski definition) is 5. The Kier molecular flexibility index (Phi) is 4.72. The van der Waals surface area contributed by atoms with E-state index < -0.39 is 11.6 Å². The molecule has 1 unspecified atom stereocenters. The fourth-order valence-electron chi connectivity index (χ4n) is 1.62. The number of carbonyl (C=O) groups excluding carboxylic acids is 1. The molecular weight excluding hydrogens is 222 g/mol. The van der Waals surface area contributed by atoms with E-state index in [1.807, 2.05) is 24.0 Å². The molecule has 0 bridgehead atoms. The summed E-state index contributed by atoms with van der Waals surface area (Å²) in [6.07, 6.45) is 1.60. The van der Waals surface area contributed by atoms with Crippen LogP contribution in [0.25, 0.3) is 0 Å². The largest absolute Gasteiger partial charge is 0.468 e. The fourth-order valence-corrected chi connectivity index (χ4v) is 1.62.